The third-order valence-electron chi connectivity index (χ3n) is 2.26. The van der Waals surface area contributed by atoms with E-state index in [9.17, 15) is 10.2 Å². The second-order valence-corrected chi connectivity index (χ2v) is 3.81. The molecule has 0 aliphatic carbocycles. The molecular formula is C11H16O3S. The maximum atomic E-state index is 9.81. The fourth-order valence-electron chi connectivity index (χ4n) is 1.37. The van der Waals surface area contributed by atoms with Gasteiger partial charge in [-0.1, -0.05) is 12.1 Å². The van der Waals surface area contributed by atoms with Crippen LogP contribution in [0.1, 0.15) is 17.2 Å². The molecule has 1 aromatic rings. The maximum absolute atomic E-state index is 9.81. The van der Waals surface area contributed by atoms with Crippen LogP contribution in [0.5, 0.6) is 5.75 Å². The summed E-state index contributed by atoms with van der Waals surface area (Å²) in [6.45, 7) is 1.94. The number of rotatable bonds is 4. The van der Waals surface area contributed by atoms with Crippen LogP contribution in [0.4, 0.5) is 0 Å². The molecule has 15 heavy (non-hydrogen) atoms. The van der Waals surface area contributed by atoms with Crippen LogP contribution in [-0.4, -0.2) is 29.2 Å². The zero-order chi connectivity index (χ0) is 11.4. The van der Waals surface area contributed by atoms with Gasteiger partial charge < -0.3 is 14.9 Å². The number of benzene rings is 1. The van der Waals surface area contributed by atoms with E-state index in [0.717, 1.165) is 5.56 Å². The Kier molecular flexibility index (Phi) is 4.45. The molecule has 0 saturated heterocycles. The van der Waals surface area contributed by atoms with Crippen molar-refractivity contribution in [1.82, 2.24) is 0 Å². The summed E-state index contributed by atoms with van der Waals surface area (Å²) in [4.78, 5) is 0. The molecule has 0 saturated carbocycles. The van der Waals surface area contributed by atoms with E-state index < -0.39 is 12.2 Å². The Labute approximate surface area is 95.1 Å². The first-order chi connectivity index (χ1) is 7.10. The minimum absolute atomic E-state index is 0.207. The van der Waals surface area contributed by atoms with Crippen molar-refractivity contribution in [1.29, 1.82) is 0 Å². The molecule has 0 aliphatic heterocycles. The van der Waals surface area contributed by atoms with E-state index in [-0.39, 0.29) is 5.75 Å². The summed E-state index contributed by atoms with van der Waals surface area (Å²) in [6, 6.07) is 5.45. The van der Waals surface area contributed by atoms with Gasteiger partial charge in [-0.15, -0.1) is 0 Å². The van der Waals surface area contributed by atoms with Crippen LogP contribution < -0.4 is 4.74 Å². The van der Waals surface area contributed by atoms with Crippen LogP contribution in [0.15, 0.2) is 18.2 Å². The molecular weight excluding hydrogens is 212 g/mol. The first-order valence-electron chi connectivity index (χ1n) is 4.71. The van der Waals surface area contributed by atoms with E-state index in [4.69, 9.17) is 4.74 Å². The average Bonchev–Trinajstić information content (AvgIpc) is 2.26. The highest BCUT2D eigenvalue weighted by Crippen LogP contribution is 2.28. The number of aryl methyl sites for hydroxylation is 1. The normalized spacial score (nSPS) is 14.7. The van der Waals surface area contributed by atoms with Gasteiger partial charge in [0.15, 0.2) is 0 Å². The van der Waals surface area contributed by atoms with Crippen LogP contribution in [0.3, 0.4) is 0 Å². The van der Waals surface area contributed by atoms with Crippen molar-refractivity contribution in [3.05, 3.63) is 29.3 Å². The van der Waals surface area contributed by atoms with Gasteiger partial charge in [0.25, 0.3) is 0 Å². The molecule has 0 amide bonds. The molecule has 0 heterocycles. The number of thiol groups is 1. The van der Waals surface area contributed by atoms with Crippen molar-refractivity contribution in [2.45, 2.75) is 19.1 Å². The zero-order valence-corrected chi connectivity index (χ0v) is 9.74. The highest BCUT2D eigenvalue weighted by atomic mass is 32.1. The molecule has 84 valence electrons. The van der Waals surface area contributed by atoms with Crippen molar-refractivity contribution < 1.29 is 14.9 Å². The van der Waals surface area contributed by atoms with Crippen molar-refractivity contribution in [3.63, 3.8) is 0 Å². The summed E-state index contributed by atoms with van der Waals surface area (Å²) in [5.41, 5.74) is 1.63. The van der Waals surface area contributed by atoms with Gasteiger partial charge in [-0.3, -0.25) is 0 Å². The lowest BCUT2D eigenvalue weighted by Gasteiger charge is -2.19. The number of methoxy groups -OCH3 is 1. The number of aliphatic hydroxyl groups excluding tert-OH is 2. The molecule has 1 rings (SSSR count). The van der Waals surface area contributed by atoms with Crippen LogP contribution in [0.2, 0.25) is 0 Å². The topological polar surface area (TPSA) is 49.7 Å². The smallest absolute Gasteiger partial charge is 0.125 e. The monoisotopic (exact) mass is 228 g/mol. The molecule has 0 bridgehead atoms. The fourth-order valence-corrected chi connectivity index (χ4v) is 1.57. The minimum Gasteiger partial charge on any atom is -0.496 e. The van der Waals surface area contributed by atoms with Crippen LogP contribution in [0.25, 0.3) is 0 Å². The Bertz CT molecular complexity index is 328. The Balaban J connectivity index is 3.02. The van der Waals surface area contributed by atoms with E-state index in [1.807, 2.05) is 19.1 Å². The molecule has 4 heteroatoms. The van der Waals surface area contributed by atoms with Gasteiger partial charge in [0.2, 0.25) is 0 Å². The van der Waals surface area contributed by atoms with Gasteiger partial charge >= 0.3 is 0 Å². The highest BCUT2D eigenvalue weighted by Gasteiger charge is 2.20. The van der Waals surface area contributed by atoms with Gasteiger partial charge in [0.05, 0.1) is 13.2 Å². The molecule has 2 atom stereocenters. The molecule has 0 spiro atoms. The summed E-state index contributed by atoms with van der Waals surface area (Å²) in [7, 11) is 1.54. The number of hydrogen-bond donors (Lipinski definition) is 3. The van der Waals surface area contributed by atoms with Gasteiger partial charge in [-0.05, 0) is 18.6 Å². The van der Waals surface area contributed by atoms with E-state index in [1.165, 1.54) is 7.11 Å². The van der Waals surface area contributed by atoms with Crippen LogP contribution >= 0.6 is 12.6 Å². The van der Waals surface area contributed by atoms with Crippen LogP contribution in [-0.2, 0) is 0 Å². The summed E-state index contributed by atoms with van der Waals surface area (Å²) < 4.78 is 5.15. The third kappa shape index (κ3) is 2.87. The van der Waals surface area contributed by atoms with Gasteiger partial charge in [0, 0.05) is 11.3 Å². The summed E-state index contributed by atoms with van der Waals surface area (Å²) >= 11 is 3.94. The van der Waals surface area contributed by atoms with E-state index in [2.05, 4.69) is 12.6 Å². The van der Waals surface area contributed by atoms with Crippen LogP contribution in [0, 0.1) is 6.92 Å². The Morgan fingerprint density at radius 1 is 1.40 bits per heavy atom. The van der Waals surface area contributed by atoms with Gasteiger partial charge in [-0.25, -0.2) is 0 Å². The molecule has 2 unspecified atom stereocenters. The fraction of sp³-hybridized carbons (Fsp3) is 0.455. The Hall–Kier alpha value is -0.710. The quantitative estimate of drug-likeness (QED) is 0.681. The van der Waals surface area contributed by atoms with Crippen molar-refractivity contribution in [2.24, 2.45) is 0 Å². The van der Waals surface area contributed by atoms with Crippen molar-refractivity contribution in [3.8, 4) is 5.75 Å². The molecule has 0 fully saturated rings. The molecule has 0 aliphatic rings. The predicted octanol–water partition coefficient (Wildman–Crippen LogP) is 1.33. The third-order valence-corrected chi connectivity index (χ3v) is 2.63. The maximum Gasteiger partial charge on any atom is 0.125 e. The lowest BCUT2D eigenvalue weighted by molar-refractivity contribution is 0.0322. The molecule has 0 radical (unpaired) electrons. The lowest BCUT2D eigenvalue weighted by Crippen LogP contribution is -2.20. The zero-order valence-electron chi connectivity index (χ0n) is 8.84. The summed E-state index contributed by atoms with van der Waals surface area (Å²) in [5.74, 6) is 0.793. The van der Waals surface area contributed by atoms with E-state index in [0.29, 0.717) is 11.3 Å². The number of hydrogen-bond acceptors (Lipinski definition) is 4. The SMILES string of the molecule is COc1cc(C)ccc1C(O)C(O)CS. The van der Waals surface area contributed by atoms with E-state index in [1.54, 1.807) is 6.07 Å². The molecule has 1 aromatic carbocycles. The van der Waals surface area contributed by atoms with Gasteiger partial charge in [-0.2, -0.15) is 12.6 Å². The molecule has 3 nitrogen and oxygen atoms in total. The highest BCUT2D eigenvalue weighted by molar-refractivity contribution is 7.80. The second-order valence-electron chi connectivity index (χ2n) is 3.44. The standard InChI is InChI=1S/C11H16O3S/c1-7-3-4-8(10(5-7)14-2)11(13)9(12)6-15/h3-5,9,11-13,15H,6H2,1-2H3. The minimum atomic E-state index is -0.960. The second kappa shape index (κ2) is 5.39. The number of ether oxygens (including phenoxy) is 1. The lowest BCUT2D eigenvalue weighted by atomic mass is 10.0. The molecule has 2 N–H and O–H groups in total. The first kappa shape index (κ1) is 12.4. The molecule has 0 aromatic heterocycles. The van der Waals surface area contributed by atoms with Crippen molar-refractivity contribution >= 4 is 12.6 Å². The first-order valence-corrected chi connectivity index (χ1v) is 5.35. The van der Waals surface area contributed by atoms with Gasteiger partial charge in [0.1, 0.15) is 11.9 Å². The Morgan fingerprint density at radius 2 is 2.07 bits per heavy atom. The van der Waals surface area contributed by atoms with E-state index >= 15 is 0 Å². The predicted molar refractivity (Wildman–Crippen MR) is 62.6 cm³/mol. The summed E-state index contributed by atoms with van der Waals surface area (Å²) in [6.07, 6.45) is -1.84. The summed E-state index contributed by atoms with van der Waals surface area (Å²) in [5, 5.41) is 19.3. The number of aliphatic hydroxyl groups is 2. The Morgan fingerprint density at radius 3 is 2.60 bits per heavy atom. The average molecular weight is 228 g/mol. The van der Waals surface area contributed by atoms with Crippen molar-refractivity contribution in [2.75, 3.05) is 12.9 Å². The largest absolute Gasteiger partial charge is 0.496 e.